The van der Waals surface area contributed by atoms with Gasteiger partial charge < -0.3 is 9.64 Å². The second-order valence-electron chi connectivity index (χ2n) is 5.22. The lowest BCUT2D eigenvalue weighted by Crippen LogP contribution is -2.44. The second-order valence-corrected chi connectivity index (χ2v) is 6.02. The molecule has 1 atom stereocenters. The van der Waals surface area contributed by atoms with E-state index in [1.54, 1.807) is 30.7 Å². The minimum atomic E-state index is -0.0792. The molecule has 1 aliphatic rings. The van der Waals surface area contributed by atoms with Gasteiger partial charge in [-0.3, -0.25) is 4.79 Å². The molecule has 0 N–H and O–H groups in total. The largest absolute Gasteiger partial charge is 0.458 e. The van der Waals surface area contributed by atoms with E-state index in [9.17, 15) is 4.79 Å². The van der Waals surface area contributed by atoms with Crippen LogP contribution in [0.3, 0.4) is 0 Å². The maximum Gasteiger partial charge on any atom is 0.316 e. The Balaban J connectivity index is 1.69. The van der Waals surface area contributed by atoms with E-state index < -0.39 is 0 Å². The number of rotatable bonds is 4. The number of carbonyl (C=O) groups excluding carboxylic acids is 1. The van der Waals surface area contributed by atoms with Gasteiger partial charge in [-0.05, 0) is 37.3 Å². The lowest BCUT2D eigenvalue weighted by molar-refractivity contribution is 0.0512. The number of carbonyl (C=O) groups is 1. The summed E-state index contributed by atoms with van der Waals surface area (Å²) in [7, 11) is 0. The van der Waals surface area contributed by atoms with Gasteiger partial charge in [0.1, 0.15) is 11.1 Å². The minimum absolute atomic E-state index is 0.00438. The van der Waals surface area contributed by atoms with E-state index in [1.165, 1.54) is 11.8 Å². The Morgan fingerprint density at radius 3 is 2.83 bits per heavy atom. The number of pyridine rings is 1. The van der Waals surface area contributed by atoms with Gasteiger partial charge in [-0.1, -0.05) is 0 Å². The zero-order valence-electron chi connectivity index (χ0n) is 12.9. The number of hydrogen-bond donors (Lipinski definition) is 0. The number of aromatic nitrogens is 3. The maximum atomic E-state index is 12.8. The van der Waals surface area contributed by atoms with E-state index in [0.717, 1.165) is 24.4 Å². The highest BCUT2D eigenvalue weighted by molar-refractivity contribution is 7.98. The van der Waals surface area contributed by atoms with Gasteiger partial charge in [-0.25, -0.2) is 15.0 Å². The third-order valence-corrected chi connectivity index (χ3v) is 4.39. The van der Waals surface area contributed by atoms with Crippen LogP contribution in [0.5, 0.6) is 6.01 Å². The molecule has 6 nitrogen and oxygen atoms in total. The number of amides is 1. The monoisotopic (exact) mass is 330 g/mol. The number of likely N-dealkylation sites (tertiary alicyclic amines) is 1. The van der Waals surface area contributed by atoms with Crippen LogP contribution in [0.1, 0.15) is 23.2 Å². The normalized spacial score (nSPS) is 17.8. The van der Waals surface area contributed by atoms with Crippen LogP contribution in [-0.2, 0) is 0 Å². The summed E-state index contributed by atoms with van der Waals surface area (Å²) in [6, 6.07) is 5.72. The van der Waals surface area contributed by atoms with E-state index in [2.05, 4.69) is 15.0 Å². The number of thioether (sulfide) groups is 1. The highest BCUT2D eigenvalue weighted by atomic mass is 32.2. The average molecular weight is 330 g/mol. The summed E-state index contributed by atoms with van der Waals surface area (Å²) in [6.45, 7) is 1.27. The van der Waals surface area contributed by atoms with Crippen molar-refractivity contribution in [2.45, 2.75) is 24.0 Å². The van der Waals surface area contributed by atoms with E-state index in [-0.39, 0.29) is 12.0 Å². The van der Waals surface area contributed by atoms with Gasteiger partial charge in [0.2, 0.25) is 0 Å². The molecule has 1 unspecified atom stereocenters. The highest BCUT2D eigenvalue weighted by Crippen LogP contribution is 2.22. The van der Waals surface area contributed by atoms with Crippen LogP contribution in [0.4, 0.5) is 0 Å². The topological polar surface area (TPSA) is 68.2 Å². The molecule has 2 aromatic rings. The molecule has 0 radical (unpaired) electrons. The molecule has 1 amide bonds. The van der Waals surface area contributed by atoms with Crippen LogP contribution < -0.4 is 4.74 Å². The molecule has 23 heavy (non-hydrogen) atoms. The molecule has 0 saturated carbocycles. The summed E-state index contributed by atoms with van der Waals surface area (Å²) in [5, 5.41) is 0.756. The number of hydrogen-bond acceptors (Lipinski definition) is 6. The van der Waals surface area contributed by atoms with Gasteiger partial charge in [-0.15, -0.1) is 11.8 Å². The standard InChI is InChI=1S/C16H18N4O2S/c1-23-14-13(6-2-7-17-14)15(21)20-10-3-5-12(11-20)22-16-18-8-4-9-19-16/h2,4,6-9,12H,3,5,10-11H2,1H3. The van der Waals surface area contributed by atoms with Gasteiger partial charge in [-0.2, -0.15) is 0 Å². The molecular formula is C16H18N4O2S. The predicted molar refractivity (Wildman–Crippen MR) is 87.6 cm³/mol. The first-order valence-electron chi connectivity index (χ1n) is 7.50. The second kappa shape index (κ2) is 7.41. The van der Waals surface area contributed by atoms with Crippen LogP contribution in [-0.4, -0.2) is 51.2 Å². The Morgan fingerprint density at radius 1 is 1.26 bits per heavy atom. The van der Waals surface area contributed by atoms with Crippen molar-refractivity contribution in [2.75, 3.05) is 19.3 Å². The summed E-state index contributed by atoms with van der Waals surface area (Å²) in [6.07, 6.45) is 8.64. The van der Waals surface area contributed by atoms with Crippen LogP contribution in [0.2, 0.25) is 0 Å². The fraction of sp³-hybridized carbons (Fsp3) is 0.375. The van der Waals surface area contributed by atoms with Gasteiger partial charge in [0.15, 0.2) is 0 Å². The molecule has 7 heteroatoms. The van der Waals surface area contributed by atoms with Crippen LogP contribution in [0.25, 0.3) is 0 Å². The lowest BCUT2D eigenvalue weighted by Gasteiger charge is -2.32. The first kappa shape index (κ1) is 15.7. The van der Waals surface area contributed by atoms with Crippen molar-refractivity contribution in [3.63, 3.8) is 0 Å². The molecule has 0 aromatic carbocycles. The summed E-state index contributed by atoms with van der Waals surface area (Å²) < 4.78 is 5.79. The fourth-order valence-corrected chi connectivity index (χ4v) is 3.14. The Bertz CT molecular complexity index is 668. The summed E-state index contributed by atoms with van der Waals surface area (Å²) in [4.78, 5) is 27.0. The van der Waals surface area contributed by atoms with Crippen molar-refractivity contribution in [1.29, 1.82) is 0 Å². The summed E-state index contributed by atoms with van der Waals surface area (Å²) in [5.74, 6) is 0.00438. The minimum Gasteiger partial charge on any atom is -0.458 e. The zero-order valence-corrected chi connectivity index (χ0v) is 13.7. The van der Waals surface area contributed by atoms with Crippen molar-refractivity contribution >= 4 is 17.7 Å². The molecule has 3 heterocycles. The molecule has 1 saturated heterocycles. The molecule has 0 spiro atoms. The van der Waals surface area contributed by atoms with Gasteiger partial charge in [0.25, 0.3) is 5.91 Å². The highest BCUT2D eigenvalue weighted by Gasteiger charge is 2.27. The van der Waals surface area contributed by atoms with Crippen molar-refractivity contribution in [3.05, 3.63) is 42.4 Å². The van der Waals surface area contributed by atoms with E-state index in [4.69, 9.17) is 4.74 Å². The number of ether oxygens (including phenoxy) is 1. The quantitative estimate of drug-likeness (QED) is 0.801. The van der Waals surface area contributed by atoms with E-state index in [0.29, 0.717) is 18.1 Å². The molecule has 1 fully saturated rings. The van der Waals surface area contributed by atoms with Crippen LogP contribution >= 0.6 is 11.8 Å². The average Bonchev–Trinajstić information content (AvgIpc) is 2.62. The first-order valence-corrected chi connectivity index (χ1v) is 8.72. The van der Waals surface area contributed by atoms with Crippen molar-refractivity contribution < 1.29 is 9.53 Å². The SMILES string of the molecule is CSc1ncccc1C(=O)N1CCCC(Oc2ncccn2)C1. The predicted octanol–water partition coefficient (Wildman–Crippen LogP) is 2.28. The van der Waals surface area contributed by atoms with Crippen molar-refractivity contribution in [1.82, 2.24) is 19.9 Å². The molecule has 2 aromatic heterocycles. The summed E-state index contributed by atoms with van der Waals surface area (Å²) in [5.41, 5.74) is 0.650. The fourth-order valence-electron chi connectivity index (χ4n) is 2.60. The van der Waals surface area contributed by atoms with Crippen molar-refractivity contribution in [2.24, 2.45) is 0 Å². The Kier molecular flexibility index (Phi) is 5.07. The Morgan fingerprint density at radius 2 is 2.04 bits per heavy atom. The Hall–Kier alpha value is -2.15. The van der Waals surface area contributed by atoms with Crippen LogP contribution in [0.15, 0.2) is 41.8 Å². The third-order valence-electron chi connectivity index (χ3n) is 3.67. The maximum absolute atomic E-state index is 12.8. The van der Waals surface area contributed by atoms with E-state index in [1.807, 2.05) is 17.2 Å². The van der Waals surface area contributed by atoms with E-state index >= 15 is 0 Å². The molecule has 0 bridgehead atoms. The lowest BCUT2D eigenvalue weighted by atomic mass is 10.1. The summed E-state index contributed by atoms with van der Waals surface area (Å²) >= 11 is 1.48. The first-order chi connectivity index (χ1) is 11.3. The Labute approximate surface area is 139 Å². The van der Waals surface area contributed by atoms with Crippen LogP contribution in [0, 0.1) is 0 Å². The number of nitrogens with zero attached hydrogens (tertiary/aromatic N) is 4. The number of piperidine rings is 1. The molecule has 0 aliphatic carbocycles. The van der Waals surface area contributed by atoms with Gasteiger partial charge >= 0.3 is 6.01 Å². The third kappa shape index (κ3) is 3.79. The van der Waals surface area contributed by atoms with Crippen molar-refractivity contribution in [3.8, 4) is 6.01 Å². The van der Waals surface area contributed by atoms with Gasteiger partial charge in [0.05, 0.1) is 12.1 Å². The molecular weight excluding hydrogens is 312 g/mol. The smallest absolute Gasteiger partial charge is 0.316 e. The molecule has 120 valence electrons. The zero-order chi connectivity index (χ0) is 16.1. The van der Waals surface area contributed by atoms with Gasteiger partial charge in [0, 0.05) is 25.1 Å². The molecule has 1 aliphatic heterocycles. The molecule has 3 rings (SSSR count).